The van der Waals surface area contributed by atoms with E-state index in [0.29, 0.717) is 6.42 Å². The number of rotatable bonds is 10. The van der Waals surface area contributed by atoms with Gasteiger partial charge in [0.05, 0.1) is 19.8 Å². The fourth-order valence-electron chi connectivity index (χ4n) is 4.08. The van der Waals surface area contributed by atoms with Crippen LogP contribution in [0.5, 0.6) is 0 Å². The molecule has 0 aliphatic heterocycles. The number of methoxy groups -OCH3 is 1. The minimum absolute atomic E-state index is 0.0650. The minimum Gasteiger partial charge on any atom is -0.469 e. The van der Waals surface area contributed by atoms with Gasteiger partial charge in [-0.3, -0.25) is 9.59 Å². The molecular formula is C23H34O5. The summed E-state index contributed by atoms with van der Waals surface area (Å²) in [7, 11) is 1.40. The average Bonchev–Trinajstić information content (AvgIpc) is 2.97. The number of Topliss-reactive ketones (excluding diaryl/α,β-unsaturated/α-hetero) is 1. The Hall–Kier alpha value is -1.72. The van der Waals surface area contributed by atoms with Gasteiger partial charge in [-0.05, 0) is 24.0 Å². The van der Waals surface area contributed by atoms with Crippen LogP contribution in [0.2, 0.25) is 0 Å². The normalized spacial score (nSPS) is 22.5. The van der Waals surface area contributed by atoms with E-state index in [4.69, 9.17) is 0 Å². The molecule has 1 saturated carbocycles. The third-order valence-electron chi connectivity index (χ3n) is 6.02. The molecule has 28 heavy (non-hydrogen) atoms. The number of benzene rings is 1. The quantitative estimate of drug-likeness (QED) is 0.472. The third-order valence-corrected chi connectivity index (χ3v) is 6.02. The van der Waals surface area contributed by atoms with E-state index in [2.05, 4.69) is 4.74 Å². The number of ether oxygens (including phenoxy) is 1. The molecule has 2 N–H and O–H groups in total. The lowest BCUT2D eigenvalue weighted by molar-refractivity contribution is -0.140. The number of hydrogen-bond acceptors (Lipinski definition) is 5. The van der Waals surface area contributed by atoms with E-state index < -0.39 is 6.10 Å². The molecule has 5 nitrogen and oxygen atoms in total. The summed E-state index contributed by atoms with van der Waals surface area (Å²) in [5.74, 6) is -0.338. The molecule has 1 aromatic rings. The predicted octanol–water partition coefficient (Wildman–Crippen LogP) is 3.50. The second kappa shape index (κ2) is 10.2. The number of aliphatic hydroxyl groups is 2. The highest BCUT2D eigenvalue weighted by molar-refractivity contribution is 5.85. The van der Waals surface area contributed by atoms with Crippen molar-refractivity contribution in [2.75, 3.05) is 13.7 Å². The van der Waals surface area contributed by atoms with Crippen LogP contribution in [0.3, 0.4) is 0 Å². The molecule has 0 saturated heterocycles. The number of hydrogen-bond donors (Lipinski definition) is 2. The van der Waals surface area contributed by atoms with Crippen molar-refractivity contribution in [3.8, 4) is 0 Å². The van der Waals surface area contributed by atoms with Crippen molar-refractivity contribution in [1.82, 2.24) is 0 Å². The van der Waals surface area contributed by atoms with Crippen LogP contribution in [0.4, 0.5) is 0 Å². The summed E-state index contributed by atoms with van der Waals surface area (Å²) < 4.78 is 4.64. The predicted molar refractivity (Wildman–Crippen MR) is 108 cm³/mol. The van der Waals surface area contributed by atoms with E-state index in [9.17, 15) is 19.8 Å². The topological polar surface area (TPSA) is 83.8 Å². The highest BCUT2D eigenvalue weighted by atomic mass is 16.5. The molecule has 3 atom stereocenters. The smallest absolute Gasteiger partial charge is 0.305 e. The van der Waals surface area contributed by atoms with Gasteiger partial charge in [0.15, 0.2) is 0 Å². The third kappa shape index (κ3) is 5.65. The second-order valence-electron chi connectivity index (χ2n) is 8.56. The lowest BCUT2D eigenvalue weighted by atomic mass is 9.81. The molecule has 1 aliphatic rings. The van der Waals surface area contributed by atoms with Crippen LogP contribution in [0.1, 0.15) is 75.8 Å². The first-order chi connectivity index (χ1) is 13.3. The Morgan fingerprint density at radius 1 is 1.14 bits per heavy atom. The zero-order valence-electron chi connectivity index (χ0n) is 17.3. The standard InChI is InChI=1S/C23H34O5/c1-23(2,15-24)17-12-10-16(11-13-17)22-18(19(25)14-20(22)26)8-6-4-5-7-9-21(27)28-3/h10-13,18,20,22,24,26H,4-9,14-15H2,1-3H3/t18-,20+,22+/m0/s1. The van der Waals surface area contributed by atoms with Crippen LogP contribution in [0.15, 0.2) is 24.3 Å². The number of carbonyl (C=O) groups excluding carboxylic acids is 2. The molecule has 0 spiro atoms. The number of carbonyl (C=O) groups is 2. The van der Waals surface area contributed by atoms with Crippen molar-refractivity contribution < 1.29 is 24.5 Å². The SMILES string of the molecule is COC(=O)CCCCCC[C@H]1C(=O)C[C@@H](O)[C@@H]1c1ccc(C(C)(C)CO)cc1. The summed E-state index contributed by atoms with van der Waals surface area (Å²) in [5, 5.41) is 20.0. The van der Waals surface area contributed by atoms with Crippen LogP contribution in [-0.2, 0) is 19.7 Å². The van der Waals surface area contributed by atoms with Gasteiger partial charge in [-0.25, -0.2) is 0 Å². The molecule has 0 unspecified atom stereocenters. The number of ketones is 1. The van der Waals surface area contributed by atoms with E-state index in [1.807, 2.05) is 38.1 Å². The van der Waals surface area contributed by atoms with E-state index in [0.717, 1.165) is 43.2 Å². The maximum Gasteiger partial charge on any atom is 0.305 e. The van der Waals surface area contributed by atoms with E-state index >= 15 is 0 Å². The van der Waals surface area contributed by atoms with Gasteiger partial charge in [0.2, 0.25) is 0 Å². The zero-order chi connectivity index (χ0) is 20.7. The Labute approximate surface area is 168 Å². The first kappa shape index (κ1) is 22.6. The molecular weight excluding hydrogens is 356 g/mol. The van der Waals surface area contributed by atoms with E-state index in [-0.39, 0.29) is 42.0 Å². The zero-order valence-corrected chi connectivity index (χ0v) is 17.3. The summed E-state index contributed by atoms with van der Waals surface area (Å²) in [4.78, 5) is 23.6. The van der Waals surface area contributed by atoms with Crippen molar-refractivity contribution in [1.29, 1.82) is 0 Å². The number of unbranched alkanes of at least 4 members (excludes halogenated alkanes) is 3. The van der Waals surface area contributed by atoms with Crippen molar-refractivity contribution >= 4 is 11.8 Å². The Morgan fingerprint density at radius 3 is 2.39 bits per heavy atom. The summed E-state index contributed by atoms with van der Waals surface area (Å²) in [5.41, 5.74) is 1.72. The molecule has 0 aromatic heterocycles. The van der Waals surface area contributed by atoms with Crippen molar-refractivity contribution in [3.63, 3.8) is 0 Å². The van der Waals surface area contributed by atoms with Gasteiger partial charge < -0.3 is 14.9 Å². The largest absolute Gasteiger partial charge is 0.469 e. The molecule has 1 aromatic carbocycles. The number of esters is 1. The molecule has 156 valence electrons. The molecule has 2 rings (SSSR count). The monoisotopic (exact) mass is 390 g/mol. The summed E-state index contributed by atoms with van der Waals surface area (Å²) in [6.45, 7) is 4.04. The van der Waals surface area contributed by atoms with Gasteiger partial charge in [-0.15, -0.1) is 0 Å². The molecule has 5 heteroatoms. The first-order valence-corrected chi connectivity index (χ1v) is 10.3. The Kier molecular flexibility index (Phi) is 8.20. The minimum atomic E-state index is -0.631. The fraction of sp³-hybridized carbons (Fsp3) is 0.652. The van der Waals surface area contributed by atoms with E-state index in [1.165, 1.54) is 7.11 Å². The fourth-order valence-corrected chi connectivity index (χ4v) is 4.08. The molecule has 0 bridgehead atoms. The Balaban J connectivity index is 1.94. The second-order valence-corrected chi connectivity index (χ2v) is 8.56. The summed E-state index contributed by atoms with van der Waals surface area (Å²) in [6.07, 6.45) is 4.42. The van der Waals surface area contributed by atoms with Crippen LogP contribution >= 0.6 is 0 Å². The van der Waals surface area contributed by atoms with E-state index in [1.54, 1.807) is 0 Å². The maximum absolute atomic E-state index is 12.4. The lowest BCUT2D eigenvalue weighted by Gasteiger charge is -2.25. The average molecular weight is 391 g/mol. The molecule has 1 fully saturated rings. The maximum atomic E-state index is 12.4. The number of aliphatic hydroxyl groups excluding tert-OH is 2. The van der Waals surface area contributed by atoms with Crippen LogP contribution in [-0.4, -0.2) is 41.8 Å². The molecule has 0 radical (unpaired) electrons. The van der Waals surface area contributed by atoms with Gasteiger partial charge >= 0.3 is 5.97 Å². The Bertz CT molecular complexity index is 649. The van der Waals surface area contributed by atoms with Crippen LogP contribution < -0.4 is 0 Å². The lowest BCUT2D eigenvalue weighted by Crippen LogP contribution is -2.23. The van der Waals surface area contributed by atoms with Crippen molar-refractivity contribution in [3.05, 3.63) is 35.4 Å². The highest BCUT2D eigenvalue weighted by Gasteiger charge is 2.41. The van der Waals surface area contributed by atoms with Crippen LogP contribution in [0.25, 0.3) is 0 Å². The van der Waals surface area contributed by atoms with Gasteiger partial charge in [0.25, 0.3) is 0 Å². The van der Waals surface area contributed by atoms with Crippen LogP contribution in [0, 0.1) is 5.92 Å². The summed E-state index contributed by atoms with van der Waals surface area (Å²) >= 11 is 0. The van der Waals surface area contributed by atoms with Gasteiger partial charge in [-0.1, -0.05) is 57.4 Å². The molecule has 0 heterocycles. The molecule has 1 aliphatic carbocycles. The van der Waals surface area contributed by atoms with Crippen molar-refractivity contribution in [2.45, 2.75) is 76.2 Å². The van der Waals surface area contributed by atoms with Gasteiger partial charge in [-0.2, -0.15) is 0 Å². The first-order valence-electron chi connectivity index (χ1n) is 10.3. The van der Waals surface area contributed by atoms with Crippen molar-refractivity contribution in [2.24, 2.45) is 5.92 Å². The highest BCUT2D eigenvalue weighted by Crippen LogP contribution is 2.41. The Morgan fingerprint density at radius 2 is 1.79 bits per heavy atom. The van der Waals surface area contributed by atoms with Gasteiger partial charge in [0.1, 0.15) is 5.78 Å². The summed E-state index contributed by atoms with van der Waals surface area (Å²) in [6, 6.07) is 7.96. The van der Waals surface area contributed by atoms with Gasteiger partial charge in [0, 0.05) is 30.1 Å². The molecule has 0 amide bonds.